The van der Waals surface area contributed by atoms with Crippen LogP contribution in [-0.2, 0) is 25.7 Å². The Morgan fingerprint density at radius 1 is 1.25 bits per heavy atom. The van der Waals surface area contributed by atoms with Crippen molar-refractivity contribution in [2.45, 2.75) is 24.7 Å². The van der Waals surface area contributed by atoms with E-state index in [9.17, 15) is 19.5 Å². The van der Waals surface area contributed by atoms with Crippen LogP contribution in [0.5, 0.6) is 0 Å². The number of hydrogen-bond donors (Lipinski definition) is 2. The maximum Gasteiger partial charge on any atom is 0.417 e. The van der Waals surface area contributed by atoms with E-state index in [1.54, 1.807) is 24.3 Å². The molecule has 1 heterocycles. The van der Waals surface area contributed by atoms with Gasteiger partial charge < -0.3 is 19.9 Å². The Morgan fingerprint density at radius 3 is 2.71 bits per heavy atom. The van der Waals surface area contributed by atoms with E-state index in [-0.39, 0.29) is 6.61 Å². The van der Waals surface area contributed by atoms with Crippen LogP contribution in [0.25, 0.3) is 0 Å². The van der Waals surface area contributed by atoms with E-state index < -0.39 is 29.7 Å². The third-order valence-corrected chi connectivity index (χ3v) is 4.32. The predicted octanol–water partition coefficient (Wildman–Crippen LogP) is 0.367. The van der Waals surface area contributed by atoms with Crippen LogP contribution in [-0.4, -0.2) is 59.3 Å². The van der Waals surface area contributed by atoms with Crippen molar-refractivity contribution in [2.24, 2.45) is 0 Å². The smallest absolute Gasteiger partial charge is 0.417 e. The minimum absolute atomic E-state index is 0.0204. The van der Waals surface area contributed by atoms with Crippen LogP contribution in [0.4, 0.5) is 4.79 Å². The molecule has 0 radical (unpaired) electrons. The normalized spacial score (nSPS) is 25.2. The molecule has 2 atom stereocenters. The van der Waals surface area contributed by atoms with Gasteiger partial charge in [-0.3, -0.25) is 4.90 Å². The van der Waals surface area contributed by atoms with E-state index in [1.807, 2.05) is 6.07 Å². The zero-order valence-electron chi connectivity index (χ0n) is 12.9. The fourth-order valence-electron chi connectivity index (χ4n) is 2.94. The highest BCUT2D eigenvalue weighted by molar-refractivity contribution is 6.29. The molecule has 1 amide bonds. The van der Waals surface area contributed by atoms with Crippen molar-refractivity contribution in [2.75, 3.05) is 19.6 Å². The van der Waals surface area contributed by atoms with Crippen LogP contribution in [0.15, 0.2) is 30.3 Å². The summed E-state index contributed by atoms with van der Waals surface area (Å²) in [6.07, 6.45) is -1.30. The summed E-state index contributed by atoms with van der Waals surface area (Å²) < 4.78 is 10.0. The largest absolute Gasteiger partial charge is 0.465 e. The number of esters is 2. The molecule has 2 fully saturated rings. The van der Waals surface area contributed by atoms with Crippen molar-refractivity contribution in [3.8, 4) is 0 Å². The lowest BCUT2D eigenvalue weighted by Crippen LogP contribution is -2.57. The average Bonchev–Trinajstić information content (AvgIpc) is 3.25. The van der Waals surface area contributed by atoms with Gasteiger partial charge in [0.05, 0.1) is 5.54 Å². The van der Waals surface area contributed by atoms with Gasteiger partial charge in [-0.05, 0) is 5.56 Å². The predicted molar refractivity (Wildman–Crippen MR) is 81.1 cm³/mol. The van der Waals surface area contributed by atoms with Crippen molar-refractivity contribution >= 4 is 18.0 Å². The summed E-state index contributed by atoms with van der Waals surface area (Å²) in [7, 11) is 0. The number of nitrogens with one attached hydrogen (secondary N) is 1. The first-order valence-electron chi connectivity index (χ1n) is 7.66. The maximum absolute atomic E-state index is 11.8. The van der Waals surface area contributed by atoms with Crippen LogP contribution in [0, 0.1) is 0 Å². The number of nitrogens with zero attached hydrogens (tertiary/aromatic N) is 1. The quantitative estimate of drug-likeness (QED) is 0.607. The Labute approximate surface area is 138 Å². The summed E-state index contributed by atoms with van der Waals surface area (Å²) in [5, 5.41) is 12.3. The van der Waals surface area contributed by atoms with Gasteiger partial charge in [-0.15, -0.1) is 0 Å². The molecule has 1 saturated carbocycles. The Hall–Kier alpha value is -2.61. The maximum atomic E-state index is 11.8. The van der Waals surface area contributed by atoms with E-state index in [1.165, 1.54) is 4.90 Å². The number of carbonyl (C=O) groups excluding carboxylic acids is 2. The van der Waals surface area contributed by atoms with Gasteiger partial charge in [0.1, 0.15) is 12.7 Å². The standard InChI is InChI=1S/C16H18N2O6/c19-13(23-9-11-4-2-1-3-5-11)14(20)24-12-8-16(12)10-17-6-7-18(16)15(21)22/h1-5,12,17H,6-10H2,(H,21,22). The fourth-order valence-corrected chi connectivity index (χ4v) is 2.94. The molecule has 1 aliphatic carbocycles. The molecule has 24 heavy (non-hydrogen) atoms. The summed E-state index contributed by atoms with van der Waals surface area (Å²) in [5.74, 6) is -2.17. The monoisotopic (exact) mass is 334 g/mol. The van der Waals surface area contributed by atoms with Crippen molar-refractivity contribution in [1.82, 2.24) is 10.2 Å². The molecule has 0 bridgehead atoms. The van der Waals surface area contributed by atoms with Crippen molar-refractivity contribution in [3.05, 3.63) is 35.9 Å². The average molecular weight is 334 g/mol. The highest BCUT2D eigenvalue weighted by atomic mass is 16.6. The minimum atomic E-state index is -1.09. The summed E-state index contributed by atoms with van der Waals surface area (Å²) in [5.41, 5.74) is -0.00510. The first kappa shape index (κ1) is 16.3. The summed E-state index contributed by atoms with van der Waals surface area (Å²) in [6.45, 7) is 1.25. The molecule has 1 saturated heterocycles. The molecule has 2 aliphatic rings. The van der Waals surface area contributed by atoms with Gasteiger partial charge >= 0.3 is 18.0 Å². The van der Waals surface area contributed by atoms with Crippen molar-refractivity contribution in [1.29, 1.82) is 0 Å². The molecule has 3 rings (SSSR count). The first-order valence-corrected chi connectivity index (χ1v) is 7.66. The molecule has 8 heteroatoms. The Balaban J connectivity index is 1.52. The topological polar surface area (TPSA) is 105 Å². The minimum Gasteiger partial charge on any atom is -0.465 e. The Kier molecular flexibility index (Phi) is 4.39. The van der Waals surface area contributed by atoms with Gasteiger partial charge in [0, 0.05) is 26.1 Å². The SMILES string of the molecule is O=C(OCc1ccccc1)C(=O)OC1CC12CNCCN2C(=O)O. The molecule has 2 N–H and O–H groups in total. The number of rotatable bonds is 3. The van der Waals surface area contributed by atoms with Gasteiger partial charge in [0.25, 0.3) is 0 Å². The second kappa shape index (κ2) is 6.48. The van der Waals surface area contributed by atoms with E-state index in [4.69, 9.17) is 9.47 Å². The fraction of sp³-hybridized carbons (Fsp3) is 0.438. The Bertz CT molecular complexity index is 649. The number of hydrogen-bond acceptors (Lipinski definition) is 6. The van der Waals surface area contributed by atoms with Crippen LogP contribution in [0.2, 0.25) is 0 Å². The van der Waals surface area contributed by atoms with Crippen LogP contribution in [0.3, 0.4) is 0 Å². The number of amides is 1. The van der Waals surface area contributed by atoms with Crippen LogP contribution >= 0.6 is 0 Å². The van der Waals surface area contributed by atoms with Gasteiger partial charge in [-0.1, -0.05) is 30.3 Å². The molecule has 128 valence electrons. The molecule has 1 aliphatic heterocycles. The second-order valence-electron chi connectivity index (χ2n) is 5.87. The van der Waals surface area contributed by atoms with Gasteiger partial charge in [0.15, 0.2) is 0 Å². The first-order chi connectivity index (χ1) is 11.5. The lowest BCUT2D eigenvalue weighted by atomic mass is 10.1. The number of carbonyl (C=O) groups is 3. The zero-order valence-corrected chi connectivity index (χ0v) is 12.9. The summed E-state index contributed by atoms with van der Waals surface area (Å²) in [4.78, 5) is 36.1. The molecule has 0 aromatic heterocycles. The van der Waals surface area contributed by atoms with E-state index in [0.717, 1.165) is 5.56 Å². The van der Waals surface area contributed by atoms with Crippen LogP contribution in [0.1, 0.15) is 12.0 Å². The van der Waals surface area contributed by atoms with E-state index >= 15 is 0 Å². The number of benzene rings is 1. The number of ether oxygens (including phenoxy) is 2. The number of carboxylic acid groups (broad SMARTS) is 1. The van der Waals surface area contributed by atoms with E-state index in [2.05, 4.69) is 5.32 Å². The lowest BCUT2D eigenvalue weighted by molar-refractivity contribution is -0.170. The molecule has 2 unspecified atom stereocenters. The molecular weight excluding hydrogens is 316 g/mol. The summed E-state index contributed by atoms with van der Waals surface area (Å²) in [6, 6.07) is 8.97. The van der Waals surface area contributed by atoms with Crippen LogP contribution < -0.4 is 5.32 Å². The third-order valence-electron chi connectivity index (χ3n) is 4.32. The van der Waals surface area contributed by atoms with Crippen molar-refractivity contribution in [3.63, 3.8) is 0 Å². The van der Waals surface area contributed by atoms with Gasteiger partial charge in [0.2, 0.25) is 0 Å². The molecule has 1 aromatic rings. The molecule has 1 aromatic carbocycles. The zero-order chi connectivity index (χ0) is 17.2. The lowest BCUT2D eigenvalue weighted by Gasteiger charge is -2.34. The van der Waals surface area contributed by atoms with Crippen molar-refractivity contribution < 1.29 is 29.0 Å². The van der Waals surface area contributed by atoms with Gasteiger partial charge in [-0.25, -0.2) is 14.4 Å². The molecule has 8 nitrogen and oxygen atoms in total. The van der Waals surface area contributed by atoms with E-state index in [0.29, 0.717) is 26.1 Å². The highest BCUT2D eigenvalue weighted by Crippen LogP contribution is 2.45. The number of piperazine rings is 1. The summed E-state index contributed by atoms with van der Waals surface area (Å²) >= 11 is 0. The molecule has 1 spiro atoms. The van der Waals surface area contributed by atoms with Gasteiger partial charge in [-0.2, -0.15) is 0 Å². The third kappa shape index (κ3) is 3.18. The Morgan fingerprint density at radius 2 is 2.00 bits per heavy atom. The molecular formula is C16H18N2O6. The highest BCUT2D eigenvalue weighted by Gasteiger charge is 2.64. The second-order valence-corrected chi connectivity index (χ2v) is 5.87.